The number of unbranched alkanes of at least 4 members (excludes halogenated alkanes) is 6. The maximum Gasteiger partial charge on any atom is 0.248 e. The van der Waals surface area contributed by atoms with Gasteiger partial charge in [-0.05, 0) is 79.6 Å². The van der Waals surface area contributed by atoms with Crippen molar-refractivity contribution in [3.8, 4) is 0 Å². The highest BCUT2D eigenvalue weighted by Crippen LogP contribution is 2.24. The highest BCUT2D eigenvalue weighted by molar-refractivity contribution is 7.45. The maximum atomic E-state index is 6.01. The van der Waals surface area contributed by atoms with E-state index in [1.165, 1.54) is 25.7 Å². The molecular weight excluding hydrogens is 494 g/mol. The molecule has 0 atom stereocenters. The minimum atomic E-state index is -1.84. The van der Waals surface area contributed by atoms with Crippen LogP contribution in [0.25, 0.3) is 0 Å². The van der Waals surface area contributed by atoms with Crippen molar-refractivity contribution in [1.29, 1.82) is 0 Å². The zero-order valence-corrected chi connectivity index (χ0v) is 25.8. The Bertz CT molecular complexity index is 324. The molecule has 0 spiro atoms. The fourth-order valence-electron chi connectivity index (χ4n) is 2.54. The third-order valence-corrected chi connectivity index (χ3v) is 8.82. The van der Waals surface area contributed by atoms with Gasteiger partial charge < -0.3 is 9.47 Å². The molecule has 0 aromatic carbocycles. The maximum absolute atomic E-state index is 6.01. The summed E-state index contributed by atoms with van der Waals surface area (Å²) in [5.41, 5.74) is -0.00444. The standard InChI is InChI=1S/2C11H24Cl2OSi/c2*1-11(2,3)14-9-7-5-6-8-10-15(4,12)13/h2*5-10H2,1-4H3. The summed E-state index contributed by atoms with van der Waals surface area (Å²) in [7, 11) is 0. The van der Waals surface area contributed by atoms with Crippen LogP contribution in [0.4, 0.5) is 0 Å². The molecule has 0 aromatic heterocycles. The van der Waals surface area contributed by atoms with E-state index in [1.54, 1.807) is 0 Å². The summed E-state index contributed by atoms with van der Waals surface area (Å²) in [6.07, 6.45) is 9.46. The molecule has 0 aliphatic heterocycles. The molecule has 0 aliphatic carbocycles. The molecule has 0 rings (SSSR count). The molecule has 0 N–H and O–H groups in total. The Morgan fingerprint density at radius 2 is 0.767 bits per heavy atom. The normalized spacial score (nSPS) is 13.2. The van der Waals surface area contributed by atoms with Gasteiger partial charge in [-0.25, -0.2) is 0 Å². The van der Waals surface area contributed by atoms with E-state index >= 15 is 0 Å². The van der Waals surface area contributed by atoms with Crippen LogP contribution in [0.5, 0.6) is 0 Å². The summed E-state index contributed by atoms with van der Waals surface area (Å²) in [6, 6.07) is 2.02. The smallest absolute Gasteiger partial charge is 0.248 e. The molecule has 0 amide bonds. The van der Waals surface area contributed by atoms with Gasteiger partial charge in [-0.1, -0.05) is 38.5 Å². The average Bonchev–Trinajstić information content (AvgIpc) is 2.49. The van der Waals surface area contributed by atoms with Gasteiger partial charge in [0.1, 0.15) is 0 Å². The van der Waals surface area contributed by atoms with Crippen molar-refractivity contribution >= 4 is 57.7 Å². The minimum absolute atomic E-state index is 0.00222. The molecule has 184 valence electrons. The second-order valence-electron chi connectivity index (χ2n) is 10.4. The molecular formula is C22H48Cl4O2Si2. The van der Waals surface area contributed by atoms with Crippen LogP contribution in [0.2, 0.25) is 25.2 Å². The van der Waals surface area contributed by atoms with E-state index in [4.69, 9.17) is 53.8 Å². The lowest BCUT2D eigenvalue weighted by Crippen LogP contribution is -2.19. The van der Waals surface area contributed by atoms with Gasteiger partial charge in [0.2, 0.25) is 13.4 Å². The number of hydrogen-bond donors (Lipinski definition) is 0. The van der Waals surface area contributed by atoms with E-state index in [0.717, 1.165) is 51.0 Å². The summed E-state index contributed by atoms with van der Waals surface area (Å²) < 4.78 is 11.3. The molecule has 0 saturated heterocycles. The molecule has 0 unspecified atom stereocenters. The summed E-state index contributed by atoms with van der Waals surface area (Å²) >= 11 is 24.1. The summed E-state index contributed by atoms with van der Waals surface area (Å²) in [4.78, 5) is 0. The number of hydrogen-bond acceptors (Lipinski definition) is 2. The second-order valence-corrected chi connectivity index (χ2v) is 26.8. The molecule has 8 heteroatoms. The molecule has 0 aromatic rings. The van der Waals surface area contributed by atoms with E-state index in [1.807, 2.05) is 13.1 Å². The van der Waals surface area contributed by atoms with Crippen LogP contribution < -0.4 is 0 Å². The Kier molecular flexibility index (Phi) is 19.1. The molecule has 0 bridgehead atoms. The molecule has 0 heterocycles. The largest absolute Gasteiger partial charge is 0.376 e. The van der Waals surface area contributed by atoms with Crippen LogP contribution in [0.15, 0.2) is 0 Å². The highest BCUT2D eigenvalue weighted by atomic mass is 35.7. The van der Waals surface area contributed by atoms with Crippen molar-refractivity contribution in [1.82, 2.24) is 0 Å². The Labute approximate surface area is 208 Å². The van der Waals surface area contributed by atoms with E-state index in [9.17, 15) is 0 Å². The van der Waals surface area contributed by atoms with E-state index < -0.39 is 13.4 Å². The SMILES string of the molecule is CC(C)(C)OCCCCCC[Si](C)(Cl)Cl.CC(C)(C)OCCCCCC[Si](C)(Cl)Cl. The Balaban J connectivity index is 0. The number of rotatable bonds is 14. The Morgan fingerprint density at radius 1 is 0.500 bits per heavy atom. The van der Waals surface area contributed by atoms with E-state index in [-0.39, 0.29) is 11.2 Å². The van der Waals surface area contributed by atoms with E-state index in [2.05, 4.69) is 41.5 Å². The lowest BCUT2D eigenvalue weighted by Gasteiger charge is -2.19. The van der Waals surface area contributed by atoms with Gasteiger partial charge in [0, 0.05) is 13.2 Å². The zero-order valence-electron chi connectivity index (χ0n) is 20.8. The molecule has 0 saturated carbocycles. The molecule has 0 radical (unpaired) electrons. The number of halogens is 4. The van der Waals surface area contributed by atoms with Gasteiger partial charge in [-0.15, -0.1) is 44.3 Å². The summed E-state index contributed by atoms with van der Waals surface area (Å²) in [5.74, 6) is 0. The van der Waals surface area contributed by atoms with Crippen LogP contribution in [0.3, 0.4) is 0 Å². The number of ether oxygens (including phenoxy) is 2. The molecule has 2 nitrogen and oxygen atoms in total. The summed E-state index contributed by atoms with van der Waals surface area (Å²) in [5, 5.41) is 0. The van der Waals surface area contributed by atoms with Crippen molar-refractivity contribution in [2.24, 2.45) is 0 Å². The highest BCUT2D eigenvalue weighted by Gasteiger charge is 2.20. The van der Waals surface area contributed by atoms with Crippen molar-refractivity contribution in [3.63, 3.8) is 0 Å². The monoisotopic (exact) mass is 540 g/mol. The second kappa shape index (κ2) is 17.0. The molecule has 0 aliphatic rings. The minimum Gasteiger partial charge on any atom is -0.376 e. The van der Waals surface area contributed by atoms with Crippen LogP contribution in [0, 0.1) is 0 Å². The Hall–Kier alpha value is 1.51. The predicted octanol–water partition coefficient (Wildman–Crippen LogP) is 9.82. The first-order chi connectivity index (χ1) is 13.4. The van der Waals surface area contributed by atoms with Gasteiger partial charge in [-0.2, -0.15) is 0 Å². The third-order valence-electron chi connectivity index (χ3n) is 4.09. The van der Waals surface area contributed by atoms with Gasteiger partial charge in [0.15, 0.2) is 0 Å². The van der Waals surface area contributed by atoms with Crippen LogP contribution in [-0.4, -0.2) is 37.8 Å². The first-order valence-corrected chi connectivity index (χ1v) is 20.9. The third kappa shape index (κ3) is 36.9. The quantitative estimate of drug-likeness (QED) is 0.124. The van der Waals surface area contributed by atoms with Crippen LogP contribution in [-0.2, 0) is 9.47 Å². The lowest BCUT2D eigenvalue weighted by molar-refractivity contribution is -0.00508. The molecule has 0 fully saturated rings. The average molecular weight is 543 g/mol. The lowest BCUT2D eigenvalue weighted by atomic mass is 10.2. The predicted molar refractivity (Wildman–Crippen MR) is 145 cm³/mol. The van der Waals surface area contributed by atoms with Gasteiger partial charge in [0.25, 0.3) is 0 Å². The molecule has 30 heavy (non-hydrogen) atoms. The fraction of sp³-hybridized carbons (Fsp3) is 1.00. The van der Waals surface area contributed by atoms with E-state index in [0.29, 0.717) is 0 Å². The van der Waals surface area contributed by atoms with Crippen LogP contribution >= 0.6 is 44.3 Å². The van der Waals surface area contributed by atoms with Crippen molar-refractivity contribution < 1.29 is 9.47 Å². The van der Waals surface area contributed by atoms with Crippen molar-refractivity contribution in [3.05, 3.63) is 0 Å². The van der Waals surface area contributed by atoms with Crippen molar-refractivity contribution in [2.45, 2.75) is 129 Å². The van der Waals surface area contributed by atoms with Gasteiger partial charge >= 0.3 is 0 Å². The first kappa shape index (κ1) is 33.7. The van der Waals surface area contributed by atoms with Gasteiger partial charge in [-0.3, -0.25) is 0 Å². The van der Waals surface area contributed by atoms with Gasteiger partial charge in [0.05, 0.1) is 11.2 Å². The fourth-order valence-corrected chi connectivity index (χ4v) is 5.88. The summed E-state index contributed by atoms with van der Waals surface area (Å²) in [6.45, 7) is 14.5. The Morgan fingerprint density at radius 3 is 1.00 bits per heavy atom. The van der Waals surface area contributed by atoms with Crippen molar-refractivity contribution in [2.75, 3.05) is 13.2 Å². The topological polar surface area (TPSA) is 18.5 Å². The first-order valence-electron chi connectivity index (χ1n) is 11.4. The zero-order chi connectivity index (χ0) is 23.9. The van der Waals surface area contributed by atoms with Crippen LogP contribution in [0.1, 0.15) is 92.9 Å².